The fourth-order valence-corrected chi connectivity index (χ4v) is 11.1. The van der Waals surface area contributed by atoms with Gasteiger partial charge in [0.2, 0.25) is 0 Å². The number of pyridine rings is 1. The van der Waals surface area contributed by atoms with E-state index in [0.717, 1.165) is 51.9 Å². The number of aliphatic hydroxyl groups excluding tert-OH is 1. The van der Waals surface area contributed by atoms with Crippen LogP contribution >= 0.6 is 0 Å². The van der Waals surface area contributed by atoms with E-state index in [0.29, 0.717) is 52.7 Å². The molecule has 4 aromatic rings. The van der Waals surface area contributed by atoms with Crippen LogP contribution in [-0.2, 0) is 15.9 Å². The summed E-state index contributed by atoms with van der Waals surface area (Å²) in [4.78, 5) is 18.8. The van der Waals surface area contributed by atoms with Gasteiger partial charge in [-0.1, -0.05) is 19.4 Å². The topological polar surface area (TPSA) is 134 Å². The van der Waals surface area contributed by atoms with E-state index in [9.17, 15) is 15.3 Å². The number of phenolic OH excluding ortho intramolecular Hbond substituents is 1. The van der Waals surface area contributed by atoms with E-state index in [-0.39, 0.29) is 65.6 Å². The number of fused-ring (bicyclic) bond motifs is 3. The van der Waals surface area contributed by atoms with Crippen LogP contribution in [-0.4, -0.2) is 112 Å². The smallest absolute Gasteiger partial charge is 0.319 e. The molecule has 5 fully saturated rings. The molecule has 13 heteroatoms. The highest BCUT2D eigenvalue weighted by Gasteiger charge is 2.51. The lowest BCUT2D eigenvalue weighted by molar-refractivity contribution is -0.0528. The number of hydrogen-bond acceptors (Lipinski definition) is 11. The number of aromatic nitrogens is 3. The first-order valence-electron chi connectivity index (χ1n) is 21.0. The first-order chi connectivity index (χ1) is 27.5. The van der Waals surface area contributed by atoms with Gasteiger partial charge >= 0.3 is 6.01 Å². The van der Waals surface area contributed by atoms with Gasteiger partial charge in [-0.3, -0.25) is 9.88 Å². The number of aromatic hydroxyl groups is 1. The molecule has 3 saturated heterocycles. The van der Waals surface area contributed by atoms with Crippen molar-refractivity contribution in [2.75, 3.05) is 57.6 Å². The number of β-amino-alcohol motifs (C(OH)–C–C–N with tert-alkyl or cyclic N) is 1. The van der Waals surface area contributed by atoms with Gasteiger partial charge in [-0.05, 0) is 118 Å². The second kappa shape index (κ2) is 15.1. The highest BCUT2D eigenvalue weighted by Crippen LogP contribution is 2.52. The van der Waals surface area contributed by atoms with Gasteiger partial charge in [-0.25, -0.2) is 8.78 Å². The van der Waals surface area contributed by atoms with Crippen LogP contribution < -0.4 is 9.64 Å². The molecule has 3 N–H and O–H groups in total. The van der Waals surface area contributed by atoms with Crippen molar-refractivity contribution in [2.45, 2.75) is 108 Å². The fraction of sp³-hybridized carbons (Fsp3) is 0.614. The predicted octanol–water partition coefficient (Wildman–Crippen LogP) is 6.70. The summed E-state index contributed by atoms with van der Waals surface area (Å²) < 4.78 is 50.8. The van der Waals surface area contributed by atoms with Gasteiger partial charge in [0.15, 0.2) is 5.82 Å². The van der Waals surface area contributed by atoms with Crippen LogP contribution in [0.15, 0.2) is 30.5 Å². The van der Waals surface area contributed by atoms with E-state index in [2.05, 4.69) is 9.88 Å². The maximum atomic E-state index is 17.3. The SMILES string of the molecule is CCc1c(F)ccc2cc(O)cc(-c3ncc4c(N5C[C@H](CO)OC[C@@](C)(O)C5)nc(OC[C@]56CCCC5N(C5CCC7(CCOC7)CC5)CCC6)nc4c3F)c12. The first kappa shape index (κ1) is 38.8. The standard InChI is InChI=1S/C44H55F2N5O6/c1-3-31-34(45)8-7-27-18-29(53)19-32(36(27)31)38-37(46)39-33(20-47-38)40(50-21-30(22-52)56-24-42(2,54)23-50)49-41(48-39)57-26-44-11-4-6-35(44)51(16-5-12-44)28-9-13-43(14-10-28)15-17-55-25-43/h7-8,18-20,28,30,35,52-54H,3-6,9-17,21-26H2,1-2H3/t28?,30-,35?,42+,43?,44-/m1/s1. The number of aryl methyl sites for hydroxylation is 1. The van der Waals surface area contributed by atoms with E-state index in [1.54, 1.807) is 17.9 Å². The van der Waals surface area contributed by atoms with Crippen molar-refractivity contribution >= 4 is 27.5 Å². The molecule has 11 nitrogen and oxygen atoms in total. The van der Waals surface area contributed by atoms with Gasteiger partial charge in [0.1, 0.15) is 34.2 Å². The zero-order chi connectivity index (χ0) is 39.5. The maximum absolute atomic E-state index is 17.3. The van der Waals surface area contributed by atoms with E-state index in [1.807, 2.05) is 6.92 Å². The van der Waals surface area contributed by atoms with Crippen LogP contribution in [0.25, 0.3) is 32.9 Å². The Morgan fingerprint density at radius 3 is 2.61 bits per heavy atom. The third kappa shape index (κ3) is 7.11. The second-order valence-electron chi connectivity index (χ2n) is 17.9. The van der Waals surface area contributed by atoms with Crippen LogP contribution in [0.4, 0.5) is 14.6 Å². The monoisotopic (exact) mass is 787 g/mol. The van der Waals surface area contributed by atoms with Crippen LogP contribution in [0.2, 0.25) is 0 Å². The molecule has 2 aromatic carbocycles. The molecular formula is C44H55F2N5O6. The summed E-state index contributed by atoms with van der Waals surface area (Å²) in [6, 6.07) is 6.81. The fourth-order valence-electron chi connectivity index (χ4n) is 11.1. The van der Waals surface area contributed by atoms with Crippen LogP contribution in [0, 0.1) is 22.5 Å². The Kier molecular flexibility index (Phi) is 10.3. The van der Waals surface area contributed by atoms with E-state index >= 15 is 8.78 Å². The second-order valence-corrected chi connectivity index (χ2v) is 17.9. The van der Waals surface area contributed by atoms with Crippen LogP contribution in [0.3, 0.4) is 0 Å². The number of anilines is 1. The molecule has 1 spiro atoms. The lowest BCUT2D eigenvalue weighted by Crippen LogP contribution is -2.56. The van der Waals surface area contributed by atoms with Crippen molar-refractivity contribution in [1.29, 1.82) is 0 Å². The number of rotatable bonds is 8. The largest absolute Gasteiger partial charge is 0.508 e. The maximum Gasteiger partial charge on any atom is 0.319 e. The molecule has 5 heterocycles. The number of nitrogens with zero attached hydrogens (tertiary/aromatic N) is 5. The summed E-state index contributed by atoms with van der Waals surface area (Å²) in [5.41, 5.74) is -0.522. The van der Waals surface area contributed by atoms with Gasteiger partial charge in [0.25, 0.3) is 0 Å². The lowest BCUT2D eigenvalue weighted by Gasteiger charge is -2.51. The number of likely N-dealkylation sites (tertiary alicyclic amines) is 1. The molecule has 9 rings (SSSR count). The van der Waals surface area contributed by atoms with Crippen molar-refractivity contribution < 1.29 is 38.3 Å². The molecule has 1 unspecified atom stereocenters. The average Bonchev–Trinajstić information content (AvgIpc) is 3.82. The van der Waals surface area contributed by atoms with Gasteiger partial charge in [0, 0.05) is 42.4 Å². The lowest BCUT2D eigenvalue weighted by atomic mass is 9.69. The number of piperidine rings is 1. The Bertz CT molecular complexity index is 2140. The number of benzene rings is 2. The number of hydrogen-bond donors (Lipinski definition) is 3. The van der Waals surface area contributed by atoms with Crippen molar-refractivity contribution in [3.63, 3.8) is 0 Å². The molecule has 2 saturated carbocycles. The molecule has 0 amide bonds. The molecule has 0 radical (unpaired) electrons. The molecule has 4 atom stereocenters. The Morgan fingerprint density at radius 2 is 1.84 bits per heavy atom. The van der Waals surface area contributed by atoms with Crippen molar-refractivity contribution in [1.82, 2.24) is 19.9 Å². The minimum Gasteiger partial charge on any atom is -0.508 e. The summed E-state index contributed by atoms with van der Waals surface area (Å²) >= 11 is 0. The first-order valence-corrected chi connectivity index (χ1v) is 21.0. The van der Waals surface area contributed by atoms with Gasteiger partial charge in [0.05, 0.1) is 44.5 Å². The Hall–Kier alpha value is -3.75. The van der Waals surface area contributed by atoms with Crippen LogP contribution in [0.5, 0.6) is 11.8 Å². The molecule has 2 aliphatic carbocycles. The molecule has 0 bridgehead atoms. The molecule has 3 aliphatic heterocycles. The Morgan fingerprint density at radius 1 is 1.02 bits per heavy atom. The molecule has 2 aromatic heterocycles. The highest BCUT2D eigenvalue weighted by atomic mass is 19.1. The summed E-state index contributed by atoms with van der Waals surface area (Å²) in [5, 5.41) is 33.5. The minimum atomic E-state index is -1.31. The highest BCUT2D eigenvalue weighted by molar-refractivity contribution is 6.01. The van der Waals surface area contributed by atoms with Crippen molar-refractivity contribution in [3.05, 3.63) is 47.7 Å². The third-order valence-corrected chi connectivity index (χ3v) is 14.0. The van der Waals surface area contributed by atoms with E-state index in [1.165, 1.54) is 56.5 Å². The quantitative estimate of drug-likeness (QED) is 0.176. The number of phenols is 1. The summed E-state index contributed by atoms with van der Waals surface area (Å²) in [5.74, 6) is -0.988. The zero-order valence-electron chi connectivity index (χ0n) is 33.1. The molecular weight excluding hydrogens is 733 g/mol. The minimum absolute atomic E-state index is 0.00504. The Balaban J connectivity index is 1.10. The normalized spacial score (nSPS) is 31.0. The molecule has 306 valence electrons. The van der Waals surface area contributed by atoms with Gasteiger partial charge < -0.3 is 34.4 Å². The van der Waals surface area contributed by atoms with E-state index < -0.39 is 23.3 Å². The summed E-state index contributed by atoms with van der Waals surface area (Å²) in [7, 11) is 0. The number of aliphatic hydroxyl groups is 2. The number of ether oxygens (including phenoxy) is 3. The summed E-state index contributed by atoms with van der Waals surface area (Å²) in [6.07, 6.45) is 12.6. The van der Waals surface area contributed by atoms with Crippen molar-refractivity contribution in [2.24, 2.45) is 10.8 Å². The van der Waals surface area contributed by atoms with Crippen LogP contribution in [0.1, 0.15) is 83.6 Å². The summed E-state index contributed by atoms with van der Waals surface area (Å²) in [6.45, 7) is 6.72. The predicted molar refractivity (Wildman–Crippen MR) is 213 cm³/mol. The van der Waals surface area contributed by atoms with E-state index in [4.69, 9.17) is 24.2 Å². The zero-order valence-corrected chi connectivity index (χ0v) is 33.1. The molecule has 57 heavy (non-hydrogen) atoms. The molecule has 5 aliphatic rings. The van der Waals surface area contributed by atoms with Gasteiger partial charge in [-0.2, -0.15) is 9.97 Å². The number of halogens is 2. The third-order valence-electron chi connectivity index (χ3n) is 14.0. The average molecular weight is 788 g/mol. The van der Waals surface area contributed by atoms with Gasteiger partial charge in [-0.15, -0.1) is 0 Å². The van der Waals surface area contributed by atoms with Crippen molar-refractivity contribution in [3.8, 4) is 23.0 Å². The Labute approximate surface area is 332 Å².